The fourth-order valence-corrected chi connectivity index (χ4v) is 2.67. The minimum atomic E-state index is -1.35. The molecule has 1 aliphatic rings. The van der Waals surface area contributed by atoms with Crippen LogP contribution in [0.4, 0.5) is 20.6 Å². The van der Waals surface area contributed by atoms with Gasteiger partial charge in [0.1, 0.15) is 5.82 Å². The van der Waals surface area contributed by atoms with Crippen LogP contribution in [0, 0.1) is 11.7 Å². The number of benzene rings is 2. The van der Waals surface area contributed by atoms with Crippen molar-refractivity contribution in [2.45, 2.75) is 0 Å². The van der Waals surface area contributed by atoms with E-state index in [1.807, 2.05) is 0 Å². The predicted octanol–water partition coefficient (Wildman–Crippen LogP) is 3.30. The number of nitrogens with zero attached hydrogens (tertiary/aromatic N) is 1. The van der Waals surface area contributed by atoms with Crippen LogP contribution in [0.5, 0.6) is 0 Å². The molecular weight excluding hydrogens is 361 g/mol. The van der Waals surface area contributed by atoms with Crippen molar-refractivity contribution < 1.29 is 18.8 Å². The first-order valence-electron chi connectivity index (χ1n) is 7.52. The molecule has 1 saturated heterocycles. The monoisotopic (exact) mass is 373 g/mol. The maximum Gasteiger partial charge on any atom is 0.335 e. The number of barbiturate groups is 1. The lowest BCUT2D eigenvalue weighted by molar-refractivity contribution is -0.132. The highest BCUT2D eigenvalue weighted by Crippen LogP contribution is 2.26. The van der Waals surface area contributed by atoms with Crippen LogP contribution in [0.3, 0.4) is 0 Å². The topological polar surface area (TPSA) is 78.5 Å². The number of hydrogen-bond donors (Lipinski definition) is 2. The second-order valence-electron chi connectivity index (χ2n) is 5.54. The van der Waals surface area contributed by atoms with E-state index in [2.05, 4.69) is 17.2 Å². The largest absolute Gasteiger partial charge is 0.358 e. The molecule has 0 aliphatic carbocycles. The third kappa shape index (κ3) is 3.43. The van der Waals surface area contributed by atoms with Gasteiger partial charge in [0.2, 0.25) is 5.91 Å². The van der Waals surface area contributed by atoms with Crippen LogP contribution in [-0.4, -0.2) is 17.8 Å². The Morgan fingerprint density at radius 1 is 1.15 bits per heavy atom. The molecular formula is C18H13ClFN3O3. The highest BCUT2D eigenvalue weighted by Gasteiger charge is 2.42. The Hall–Kier alpha value is -3.19. The van der Waals surface area contributed by atoms with E-state index in [1.54, 1.807) is 6.07 Å². The second kappa shape index (κ2) is 6.97. The van der Waals surface area contributed by atoms with Crippen molar-refractivity contribution in [3.8, 4) is 0 Å². The summed E-state index contributed by atoms with van der Waals surface area (Å²) in [5.41, 5.74) is 0.600. The molecule has 1 atom stereocenters. The maximum absolute atomic E-state index is 13.3. The lowest BCUT2D eigenvalue weighted by Gasteiger charge is -2.31. The summed E-state index contributed by atoms with van der Waals surface area (Å²) in [7, 11) is 0. The van der Waals surface area contributed by atoms with E-state index in [1.165, 1.54) is 42.5 Å². The van der Waals surface area contributed by atoms with Gasteiger partial charge in [0, 0.05) is 16.4 Å². The van der Waals surface area contributed by atoms with Gasteiger partial charge in [0.25, 0.3) is 5.91 Å². The maximum atomic E-state index is 13.3. The van der Waals surface area contributed by atoms with Crippen molar-refractivity contribution in [2.24, 2.45) is 5.92 Å². The number of urea groups is 1. The van der Waals surface area contributed by atoms with Crippen molar-refractivity contribution in [1.82, 2.24) is 5.32 Å². The van der Waals surface area contributed by atoms with E-state index in [9.17, 15) is 18.8 Å². The van der Waals surface area contributed by atoms with Gasteiger partial charge < -0.3 is 5.32 Å². The number of rotatable bonds is 4. The Morgan fingerprint density at radius 3 is 2.50 bits per heavy atom. The lowest BCUT2D eigenvalue weighted by atomic mass is 10.0. The van der Waals surface area contributed by atoms with Gasteiger partial charge in [0.05, 0.1) is 5.69 Å². The van der Waals surface area contributed by atoms with Crippen molar-refractivity contribution in [2.75, 3.05) is 10.2 Å². The predicted molar refractivity (Wildman–Crippen MR) is 95.1 cm³/mol. The molecule has 0 unspecified atom stereocenters. The van der Waals surface area contributed by atoms with Crippen LogP contribution >= 0.6 is 11.6 Å². The molecule has 132 valence electrons. The van der Waals surface area contributed by atoms with Gasteiger partial charge in [-0.05, 0) is 42.5 Å². The Labute approximate surface area is 153 Å². The number of carbonyl (C=O) groups is 3. The average molecular weight is 374 g/mol. The van der Waals surface area contributed by atoms with E-state index < -0.39 is 29.6 Å². The van der Waals surface area contributed by atoms with E-state index in [-0.39, 0.29) is 11.4 Å². The highest BCUT2D eigenvalue weighted by molar-refractivity contribution is 6.31. The molecule has 2 N–H and O–H groups in total. The van der Waals surface area contributed by atoms with Crippen molar-refractivity contribution in [3.05, 3.63) is 71.6 Å². The number of anilines is 2. The number of hydrogen-bond acceptors (Lipinski definition) is 4. The molecule has 0 saturated carbocycles. The summed E-state index contributed by atoms with van der Waals surface area (Å²) in [5, 5.41) is 5.29. The summed E-state index contributed by atoms with van der Waals surface area (Å²) in [6.45, 7) is 3.70. The fourth-order valence-electron chi connectivity index (χ4n) is 2.54. The van der Waals surface area contributed by atoms with Gasteiger partial charge in [-0.1, -0.05) is 24.2 Å². The zero-order valence-electron chi connectivity index (χ0n) is 13.3. The molecule has 1 heterocycles. The SMILES string of the molecule is C=C(Nc1cccc(F)c1)[C@H]1C(=O)NC(=O)N(c2ccc(Cl)cc2)C1=O. The summed E-state index contributed by atoms with van der Waals surface area (Å²) < 4.78 is 13.3. The molecule has 0 aromatic heterocycles. The van der Waals surface area contributed by atoms with Gasteiger partial charge in [-0.15, -0.1) is 0 Å². The van der Waals surface area contributed by atoms with Gasteiger partial charge in [-0.2, -0.15) is 0 Å². The first kappa shape index (κ1) is 17.6. The molecule has 2 aromatic carbocycles. The van der Waals surface area contributed by atoms with Crippen LogP contribution < -0.4 is 15.5 Å². The molecule has 0 spiro atoms. The number of nitrogens with one attached hydrogen (secondary N) is 2. The zero-order chi connectivity index (χ0) is 18.8. The zero-order valence-corrected chi connectivity index (χ0v) is 14.1. The number of amides is 4. The molecule has 0 radical (unpaired) electrons. The van der Waals surface area contributed by atoms with E-state index in [0.29, 0.717) is 10.7 Å². The molecule has 1 fully saturated rings. The smallest absolute Gasteiger partial charge is 0.335 e. The minimum Gasteiger partial charge on any atom is -0.358 e. The van der Waals surface area contributed by atoms with Gasteiger partial charge in [-0.3, -0.25) is 14.9 Å². The summed E-state index contributed by atoms with van der Waals surface area (Å²) in [5.74, 6) is -3.42. The quantitative estimate of drug-likeness (QED) is 0.806. The average Bonchev–Trinajstić information content (AvgIpc) is 2.56. The minimum absolute atomic E-state index is 0.0181. The van der Waals surface area contributed by atoms with E-state index >= 15 is 0 Å². The van der Waals surface area contributed by atoms with E-state index in [0.717, 1.165) is 4.90 Å². The molecule has 6 nitrogen and oxygen atoms in total. The van der Waals surface area contributed by atoms with Crippen LogP contribution in [0.2, 0.25) is 5.02 Å². The number of carbonyl (C=O) groups excluding carboxylic acids is 3. The third-order valence-electron chi connectivity index (χ3n) is 3.73. The molecule has 0 bridgehead atoms. The van der Waals surface area contributed by atoms with Crippen LogP contribution in [-0.2, 0) is 9.59 Å². The molecule has 1 aliphatic heterocycles. The highest BCUT2D eigenvalue weighted by atomic mass is 35.5. The second-order valence-corrected chi connectivity index (χ2v) is 5.97. The van der Waals surface area contributed by atoms with Gasteiger partial charge in [-0.25, -0.2) is 14.1 Å². The molecule has 2 aromatic rings. The fraction of sp³-hybridized carbons (Fsp3) is 0.0556. The number of halogens is 2. The molecule has 26 heavy (non-hydrogen) atoms. The summed E-state index contributed by atoms with van der Waals surface area (Å²) in [4.78, 5) is 37.9. The van der Waals surface area contributed by atoms with Crippen LogP contribution in [0.25, 0.3) is 0 Å². The third-order valence-corrected chi connectivity index (χ3v) is 3.98. The lowest BCUT2D eigenvalue weighted by Crippen LogP contribution is -2.59. The summed E-state index contributed by atoms with van der Waals surface area (Å²) in [6.07, 6.45) is 0. The van der Waals surface area contributed by atoms with Crippen molar-refractivity contribution in [1.29, 1.82) is 0 Å². The Balaban J connectivity index is 1.87. The first-order valence-corrected chi connectivity index (χ1v) is 7.90. The molecule has 4 amide bonds. The molecule has 8 heteroatoms. The normalized spacial score (nSPS) is 17.1. The van der Waals surface area contributed by atoms with Crippen molar-refractivity contribution >= 4 is 40.8 Å². The standard InChI is InChI=1S/C18H13ClFN3O3/c1-10(21-13-4-2-3-12(20)9-13)15-16(24)22-18(26)23(17(15)25)14-7-5-11(19)6-8-14/h2-9,15,21H,1H2,(H,22,24,26)/t15-/m0/s1. The summed E-state index contributed by atoms with van der Waals surface area (Å²) >= 11 is 5.82. The molecule has 3 rings (SSSR count). The van der Waals surface area contributed by atoms with Gasteiger partial charge in [0.15, 0.2) is 5.92 Å². The summed E-state index contributed by atoms with van der Waals surface area (Å²) in [6, 6.07) is 10.6. The van der Waals surface area contributed by atoms with Crippen molar-refractivity contribution in [3.63, 3.8) is 0 Å². The van der Waals surface area contributed by atoms with Gasteiger partial charge >= 0.3 is 6.03 Å². The van der Waals surface area contributed by atoms with Crippen LogP contribution in [0.15, 0.2) is 60.8 Å². The first-order chi connectivity index (χ1) is 12.4. The Kier molecular flexibility index (Phi) is 4.73. The Morgan fingerprint density at radius 2 is 1.85 bits per heavy atom. The van der Waals surface area contributed by atoms with Crippen LogP contribution in [0.1, 0.15) is 0 Å². The Bertz CT molecular complexity index is 914. The van der Waals surface area contributed by atoms with E-state index in [4.69, 9.17) is 11.6 Å². The number of imide groups is 2.